The fraction of sp³-hybridized carbons (Fsp3) is 0.258. The molecule has 0 saturated heterocycles. The second-order valence-electron chi connectivity index (χ2n) is 9.85. The summed E-state index contributed by atoms with van der Waals surface area (Å²) in [6, 6.07) is 25.2. The van der Waals surface area contributed by atoms with Gasteiger partial charge in [-0.05, 0) is 33.6 Å². The van der Waals surface area contributed by atoms with Gasteiger partial charge in [-0.15, -0.1) is 0 Å². The zero-order valence-corrected chi connectivity index (χ0v) is 23.7. The first-order chi connectivity index (χ1) is 18.0. The third-order valence-corrected chi connectivity index (χ3v) is 11.3. The van der Waals surface area contributed by atoms with Crippen LogP contribution in [0.5, 0.6) is 0 Å². The first kappa shape index (κ1) is 28.6. The number of esters is 1. The van der Waals surface area contributed by atoms with Crippen molar-refractivity contribution < 1.29 is 23.5 Å². The first-order valence-electron chi connectivity index (χ1n) is 12.3. The zero-order chi connectivity index (χ0) is 27.9. The van der Waals surface area contributed by atoms with Gasteiger partial charge in [-0.2, -0.15) is 0 Å². The summed E-state index contributed by atoms with van der Waals surface area (Å²) in [4.78, 5) is 37.5. The molecule has 0 bridgehead atoms. The number of amides is 2. The molecular formula is C31H33NO5Si. The number of hydrogen-bond acceptors (Lipinski definition) is 5. The summed E-state index contributed by atoms with van der Waals surface area (Å²) >= 11 is 0. The van der Waals surface area contributed by atoms with E-state index in [0.717, 1.165) is 15.3 Å². The summed E-state index contributed by atoms with van der Waals surface area (Å²) in [5.74, 6) is 4.61. The number of methoxy groups -OCH3 is 1. The monoisotopic (exact) mass is 527 g/mol. The van der Waals surface area contributed by atoms with E-state index < -0.39 is 26.1 Å². The Kier molecular flexibility index (Phi) is 9.05. The fourth-order valence-corrected chi connectivity index (χ4v) is 9.13. The highest BCUT2D eigenvalue weighted by Crippen LogP contribution is 2.36. The van der Waals surface area contributed by atoms with Gasteiger partial charge in [0.1, 0.15) is 0 Å². The van der Waals surface area contributed by atoms with Crippen LogP contribution in [0.1, 0.15) is 50.5 Å². The highest BCUT2D eigenvalue weighted by atomic mass is 28.4. The molecule has 0 fully saturated rings. The van der Waals surface area contributed by atoms with Gasteiger partial charge >= 0.3 is 5.97 Å². The van der Waals surface area contributed by atoms with Crippen LogP contribution in [0.3, 0.4) is 0 Å². The lowest BCUT2D eigenvalue weighted by atomic mass is 10.1. The number of ether oxygens (including phenoxy) is 1. The SMILES string of the molecule is COC(=O)c1cc(N(C(C)=O)C(C)=O)ccc1C#CCO[Si](c1ccccc1)(c1ccccc1)C(C)(C)C. The Balaban J connectivity index is 2.02. The fourth-order valence-electron chi connectivity index (χ4n) is 4.68. The Morgan fingerprint density at radius 3 is 1.82 bits per heavy atom. The normalized spacial score (nSPS) is 11.2. The predicted molar refractivity (Wildman–Crippen MR) is 152 cm³/mol. The Labute approximate surface area is 225 Å². The predicted octanol–water partition coefficient (Wildman–Crippen LogP) is 4.30. The molecule has 0 heterocycles. The van der Waals surface area contributed by atoms with Crippen LogP contribution in [0.25, 0.3) is 0 Å². The molecule has 0 saturated carbocycles. The van der Waals surface area contributed by atoms with Crippen LogP contribution < -0.4 is 15.3 Å². The summed E-state index contributed by atoms with van der Waals surface area (Å²) in [7, 11) is -1.48. The maximum Gasteiger partial charge on any atom is 0.339 e. The maximum atomic E-state index is 12.5. The molecule has 0 aromatic heterocycles. The number of carbonyl (C=O) groups excluding carboxylic acids is 3. The molecule has 0 aliphatic heterocycles. The second kappa shape index (κ2) is 12.0. The molecule has 0 aliphatic rings. The van der Waals surface area contributed by atoms with E-state index in [1.54, 1.807) is 12.1 Å². The van der Waals surface area contributed by atoms with Crippen molar-refractivity contribution in [1.29, 1.82) is 0 Å². The Hall–Kier alpha value is -3.99. The average molecular weight is 528 g/mol. The molecular weight excluding hydrogens is 494 g/mol. The van der Waals surface area contributed by atoms with Crippen LogP contribution in [-0.4, -0.2) is 39.8 Å². The number of rotatable bonds is 6. The summed E-state index contributed by atoms with van der Waals surface area (Å²) in [5, 5.41) is 2.10. The highest BCUT2D eigenvalue weighted by Gasteiger charge is 2.50. The molecule has 0 atom stereocenters. The molecule has 6 nitrogen and oxygen atoms in total. The van der Waals surface area contributed by atoms with Crippen molar-refractivity contribution in [3.8, 4) is 11.8 Å². The van der Waals surface area contributed by atoms with Crippen molar-refractivity contribution in [1.82, 2.24) is 0 Å². The molecule has 2 amide bonds. The molecule has 3 rings (SSSR count). The molecule has 0 aliphatic carbocycles. The van der Waals surface area contributed by atoms with E-state index in [4.69, 9.17) is 9.16 Å². The van der Waals surface area contributed by atoms with Crippen molar-refractivity contribution in [2.45, 2.75) is 39.7 Å². The molecule has 0 N–H and O–H groups in total. The molecule has 0 spiro atoms. The van der Waals surface area contributed by atoms with Crippen molar-refractivity contribution in [3.05, 3.63) is 90.0 Å². The van der Waals surface area contributed by atoms with Crippen LogP contribution in [0, 0.1) is 11.8 Å². The largest absolute Gasteiger partial charge is 0.465 e. The lowest BCUT2D eigenvalue weighted by Crippen LogP contribution is -2.66. The van der Waals surface area contributed by atoms with E-state index in [9.17, 15) is 14.4 Å². The number of imide groups is 1. The van der Waals surface area contributed by atoms with Crippen LogP contribution in [0.4, 0.5) is 5.69 Å². The molecule has 3 aromatic rings. The molecule has 0 radical (unpaired) electrons. The number of nitrogens with zero attached hydrogens (tertiary/aromatic N) is 1. The van der Waals surface area contributed by atoms with E-state index in [0.29, 0.717) is 5.56 Å². The molecule has 196 valence electrons. The lowest BCUT2D eigenvalue weighted by molar-refractivity contribution is -0.124. The topological polar surface area (TPSA) is 72.9 Å². The van der Waals surface area contributed by atoms with Gasteiger partial charge in [-0.25, -0.2) is 4.79 Å². The van der Waals surface area contributed by atoms with Gasteiger partial charge in [0.05, 0.1) is 25.0 Å². The van der Waals surface area contributed by atoms with E-state index >= 15 is 0 Å². The Morgan fingerprint density at radius 2 is 1.37 bits per heavy atom. The number of hydrogen-bond donors (Lipinski definition) is 0. The Morgan fingerprint density at radius 1 is 0.842 bits per heavy atom. The summed E-state index contributed by atoms with van der Waals surface area (Å²) in [6.45, 7) is 9.29. The van der Waals surface area contributed by atoms with Crippen molar-refractivity contribution in [3.63, 3.8) is 0 Å². The van der Waals surface area contributed by atoms with Crippen LogP contribution in [-0.2, 0) is 18.8 Å². The van der Waals surface area contributed by atoms with E-state index in [2.05, 4.69) is 56.9 Å². The van der Waals surface area contributed by atoms with Crippen molar-refractivity contribution >= 4 is 42.2 Å². The minimum atomic E-state index is -2.75. The van der Waals surface area contributed by atoms with Crippen LogP contribution in [0.15, 0.2) is 78.9 Å². The Bertz CT molecular complexity index is 1310. The first-order valence-corrected chi connectivity index (χ1v) is 14.2. The van der Waals surface area contributed by atoms with Crippen molar-refractivity contribution in [2.24, 2.45) is 0 Å². The average Bonchev–Trinajstić information content (AvgIpc) is 2.88. The van der Waals surface area contributed by atoms with Gasteiger partial charge in [0.25, 0.3) is 8.32 Å². The van der Waals surface area contributed by atoms with Gasteiger partial charge in [-0.1, -0.05) is 93.3 Å². The van der Waals surface area contributed by atoms with Gasteiger partial charge in [-0.3, -0.25) is 14.5 Å². The van der Waals surface area contributed by atoms with E-state index in [-0.39, 0.29) is 22.9 Å². The van der Waals surface area contributed by atoms with Gasteiger partial charge in [0.15, 0.2) is 0 Å². The third kappa shape index (κ3) is 5.93. The van der Waals surface area contributed by atoms with E-state index in [1.165, 1.54) is 27.0 Å². The quantitative estimate of drug-likeness (QED) is 0.272. The molecule has 0 unspecified atom stereocenters. The van der Waals surface area contributed by atoms with Crippen molar-refractivity contribution in [2.75, 3.05) is 18.6 Å². The number of carbonyl (C=O) groups is 3. The number of anilines is 1. The standard InChI is InChI=1S/C31H33NO5Si/c1-23(33)32(24(2)34)26-20-19-25(29(22-26)30(35)36-6)14-13-21-37-38(31(3,4)5,27-15-9-7-10-16-27)28-17-11-8-12-18-28/h7-12,15-20,22H,21H2,1-6H3. The highest BCUT2D eigenvalue weighted by molar-refractivity contribution is 6.99. The van der Waals surface area contributed by atoms with Gasteiger partial charge < -0.3 is 9.16 Å². The molecule has 38 heavy (non-hydrogen) atoms. The van der Waals surface area contributed by atoms with Gasteiger partial charge in [0.2, 0.25) is 11.8 Å². The lowest BCUT2D eigenvalue weighted by Gasteiger charge is -2.42. The molecule has 7 heteroatoms. The zero-order valence-electron chi connectivity index (χ0n) is 22.7. The van der Waals surface area contributed by atoms with E-state index in [1.807, 2.05) is 36.4 Å². The minimum absolute atomic E-state index is 0.142. The van der Waals surface area contributed by atoms with Crippen LogP contribution in [0.2, 0.25) is 5.04 Å². The minimum Gasteiger partial charge on any atom is -0.465 e. The summed E-state index contributed by atoms with van der Waals surface area (Å²) in [6.07, 6.45) is 0. The third-order valence-electron chi connectivity index (χ3n) is 6.30. The van der Waals surface area contributed by atoms with Gasteiger partial charge in [0, 0.05) is 19.4 Å². The number of benzene rings is 3. The summed E-state index contributed by atoms with van der Waals surface area (Å²) < 4.78 is 11.7. The smallest absolute Gasteiger partial charge is 0.339 e. The molecule has 3 aromatic carbocycles. The second-order valence-corrected chi connectivity index (χ2v) is 14.2. The van der Waals surface area contributed by atoms with Crippen LogP contribution >= 0.6 is 0 Å². The summed E-state index contributed by atoms with van der Waals surface area (Å²) in [5.41, 5.74) is 0.855. The maximum absolute atomic E-state index is 12.5.